The number of urea groups is 1. The van der Waals surface area contributed by atoms with Gasteiger partial charge in [0.15, 0.2) is 6.29 Å². The lowest BCUT2D eigenvalue weighted by molar-refractivity contribution is -0.147. The van der Waals surface area contributed by atoms with Crippen LogP contribution >= 0.6 is 0 Å². The van der Waals surface area contributed by atoms with Crippen molar-refractivity contribution >= 4 is 23.4 Å². The Labute approximate surface area is 277 Å². The number of amides is 2. The standard InChI is InChI=1S/C38H42N4O5/c1-4-46-36(47-5-2)28-42(38(44)40-33-20-16-30(25-39)17-21-33)34-22-18-29(19-23-34)24-35(37(43)45-3)41(26-31-12-8-6-9-13-31)27-32-14-10-7-11-15-32/h6-23,35-36H,4-5,24,26-28H2,1-3H3,(H,40,44). The molecule has 0 bridgehead atoms. The van der Waals surface area contributed by atoms with Crippen LogP contribution in [0.5, 0.6) is 0 Å². The fourth-order valence-corrected chi connectivity index (χ4v) is 5.24. The largest absolute Gasteiger partial charge is 0.468 e. The minimum absolute atomic E-state index is 0.149. The zero-order valence-corrected chi connectivity index (χ0v) is 27.2. The lowest BCUT2D eigenvalue weighted by Gasteiger charge is -2.30. The Kier molecular flexibility index (Phi) is 13.5. The average molecular weight is 635 g/mol. The molecule has 0 saturated carbocycles. The van der Waals surface area contributed by atoms with Crippen LogP contribution < -0.4 is 10.2 Å². The maximum absolute atomic E-state index is 13.6. The van der Waals surface area contributed by atoms with Crippen molar-refractivity contribution in [3.63, 3.8) is 0 Å². The number of esters is 1. The van der Waals surface area contributed by atoms with Crippen LogP contribution in [0.2, 0.25) is 0 Å². The first-order valence-corrected chi connectivity index (χ1v) is 15.7. The van der Waals surface area contributed by atoms with Gasteiger partial charge in [0.1, 0.15) is 6.04 Å². The molecule has 0 heterocycles. The second-order valence-electron chi connectivity index (χ2n) is 10.9. The zero-order valence-electron chi connectivity index (χ0n) is 27.2. The Morgan fingerprint density at radius 2 is 1.32 bits per heavy atom. The summed E-state index contributed by atoms with van der Waals surface area (Å²) >= 11 is 0. The molecule has 1 N–H and O–H groups in total. The van der Waals surface area contributed by atoms with E-state index in [9.17, 15) is 9.59 Å². The predicted octanol–water partition coefficient (Wildman–Crippen LogP) is 6.78. The molecule has 9 heteroatoms. The van der Waals surface area contributed by atoms with Crippen LogP contribution in [-0.2, 0) is 38.5 Å². The van der Waals surface area contributed by atoms with Gasteiger partial charge in [-0.3, -0.25) is 14.6 Å². The first-order valence-electron chi connectivity index (χ1n) is 15.7. The Hall–Kier alpha value is -5.01. The first kappa shape index (κ1) is 34.9. The van der Waals surface area contributed by atoms with E-state index < -0.39 is 12.3 Å². The Morgan fingerprint density at radius 3 is 1.81 bits per heavy atom. The van der Waals surface area contributed by atoms with Crippen LogP contribution in [0.4, 0.5) is 16.2 Å². The number of hydrogen-bond acceptors (Lipinski definition) is 7. The monoisotopic (exact) mass is 634 g/mol. The summed E-state index contributed by atoms with van der Waals surface area (Å²) in [5, 5.41) is 12.0. The van der Waals surface area contributed by atoms with E-state index >= 15 is 0 Å². The molecule has 244 valence electrons. The lowest BCUT2D eigenvalue weighted by Crippen LogP contribution is -2.43. The molecule has 2 amide bonds. The van der Waals surface area contributed by atoms with Crippen LogP contribution in [-0.4, -0.2) is 56.1 Å². The lowest BCUT2D eigenvalue weighted by atomic mass is 10.0. The molecule has 4 aromatic carbocycles. The fraction of sp³-hybridized carbons (Fsp3) is 0.289. The minimum Gasteiger partial charge on any atom is -0.468 e. The molecule has 0 fully saturated rings. The molecule has 4 aromatic rings. The summed E-state index contributed by atoms with van der Waals surface area (Å²) in [7, 11) is 1.42. The summed E-state index contributed by atoms with van der Waals surface area (Å²) in [4.78, 5) is 30.6. The summed E-state index contributed by atoms with van der Waals surface area (Å²) in [5.74, 6) is -0.319. The summed E-state index contributed by atoms with van der Waals surface area (Å²) in [5.41, 5.74) is 4.78. The van der Waals surface area contributed by atoms with Gasteiger partial charge in [-0.15, -0.1) is 0 Å². The van der Waals surface area contributed by atoms with Crippen LogP contribution in [0.15, 0.2) is 109 Å². The van der Waals surface area contributed by atoms with Crippen molar-refractivity contribution in [2.75, 3.05) is 37.1 Å². The molecule has 0 saturated heterocycles. The zero-order chi connectivity index (χ0) is 33.4. The van der Waals surface area contributed by atoms with Gasteiger partial charge in [-0.1, -0.05) is 72.8 Å². The van der Waals surface area contributed by atoms with Crippen LogP contribution in [0, 0.1) is 11.3 Å². The minimum atomic E-state index is -0.635. The second-order valence-corrected chi connectivity index (χ2v) is 10.9. The molecule has 0 aliphatic heterocycles. The third-order valence-electron chi connectivity index (χ3n) is 7.60. The second kappa shape index (κ2) is 18.2. The van der Waals surface area contributed by atoms with Crippen molar-refractivity contribution in [3.05, 3.63) is 131 Å². The third kappa shape index (κ3) is 10.5. The summed E-state index contributed by atoms with van der Waals surface area (Å²) in [6.45, 7) is 5.87. The van der Waals surface area contributed by atoms with Gasteiger partial charge in [0.05, 0.1) is 25.3 Å². The molecule has 4 rings (SSSR count). The van der Waals surface area contributed by atoms with E-state index in [0.29, 0.717) is 49.7 Å². The van der Waals surface area contributed by atoms with E-state index in [-0.39, 0.29) is 18.5 Å². The number of rotatable bonds is 16. The van der Waals surface area contributed by atoms with Gasteiger partial charge in [-0.2, -0.15) is 5.26 Å². The Morgan fingerprint density at radius 1 is 0.766 bits per heavy atom. The highest BCUT2D eigenvalue weighted by molar-refractivity contribution is 6.01. The van der Waals surface area contributed by atoms with Gasteiger partial charge in [0.25, 0.3) is 0 Å². The number of nitrogens with zero attached hydrogens (tertiary/aromatic N) is 3. The maximum Gasteiger partial charge on any atom is 0.326 e. The van der Waals surface area contributed by atoms with E-state index in [0.717, 1.165) is 16.7 Å². The number of carbonyl (C=O) groups is 2. The number of methoxy groups -OCH3 is 1. The first-order chi connectivity index (χ1) is 22.9. The molecule has 0 aliphatic carbocycles. The van der Waals surface area contributed by atoms with Crippen LogP contribution in [0.1, 0.15) is 36.1 Å². The maximum atomic E-state index is 13.6. The smallest absolute Gasteiger partial charge is 0.326 e. The van der Waals surface area contributed by atoms with Gasteiger partial charge in [-0.05, 0) is 73.4 Å². The topological polar surface area (TPSA) is 104 Å². The summed E-state index contributed by atoms with van der Waals surface area (Å²) < 4.78 is 16.8. The number of carbonyl (C=O) groups excluding carboxylic acids is 2. The Balaban J connectivity index is 1.60. The number of anilines is 2. The number of nitrogens with one attached hydrogen (secondary N) is 1. The van der Waals surface area contributed by atoms with E-state index in [1.165, 1.54) is 7.11 Å². The van der Waals surface area contributed by atoms with E-state index in [2.05, 4.69) is 40.6 Å². The van der Waals surface area contributed by atoms with Crippen molar-refractivity contribution in [3.8, 4) is 6.07 Å². The quantitative estimate of drug-likeness (QED) is 0.107. The normalized spacial score (nSPS) is 11.6. The van der Waals surface area contributed by atoms with Gasteiger partial charge in [-0.25, -0.2) is 4.79 Å². The third-order valence-corrected chi connectivity index (χ3v) is 7.60. The number of hydrogen-bond donors (Lipinski definition) is 1. The van der Waals surface area contributed by atoms with Crippen molar-refractivity contribution in [1.82, 2.24) is 4.90 Å². The fourth-order valence-electron chi connectivity index (χ4n) is 5.24. The molecule has 47 heavy (non-hydrogen) atoms. The number of benzene rings is 4. The summed E-state index contributed by atoms with van der Waals surface area (Å²) in [6, 6.07) is 35.5. The molecular formula is C38H42N4O5. The number of ether oxygens (including phenoxy) is 3. The highest BCUT2D eigenvalue weighted by Crippen LogP contribution is 2.23. The van der Waals surface area contributed by atoms with Crippen molar-refractivity contribution in [2.45, 2.75) is 45.7 Å². The number of nitriles is 1. The van der Waals surface area contributed by atoms with Crippen molar-refractivity contribution in [1.29, 1.82) is 5.26 Å². The van der Waals surface area contributed by atoms with Gasteiger partial charge >= 0.3 is 12.0 Å². The van der Waals surface area contributed by atoms with E-state index in [1.807, 2.05) is 74.5 Å². The molecular weight excluding hydrogens is 592 g/mol. The van der Waals surface area contributed by atoms with Gasteiger partial charge in [0.2, 0.25) is 0 Å². The molecule has 0 aromatic heterocycles. The highest BCUT2D eigenvalue weighted by Gasteiger charge is 2.28. The van der Waals surface area contributed by atoms with E-state index in [1.54, 1.807) is 29.2 Å². The molecule has 0 radical (unpaired) electrons. The summed E-state index contributed by atoms with van der Waals surface area (Å²) in [6.07, 6.45) is -0.227. The van der Waals surface area contributed by atoms with Crippen molar-refractivity contribution in [2.24, 2.45) is 0 Å². The molecule has 0 spiro atoms. The SMILES string of the molecule is CCOC(CN(C(=O)Nc1ccc(C#N)cc1)c1ccc(CC(C(=O)OC)N(Cc2ccccc2)Cc2ccccc2)cc1)OCC. The average Bonchev–Trinajstić information content (AvgIpc) is 3.10. The Bertz CT molecular complexity index is 1530. The molecule has 9 nitrogen and oxygen atoms in total. The van der Waals surface area contributed by atoms with Crippen LogP contribution in [0.3, 0.4) is 0 Å². The van der Waals surface area contributed by atoms with Gasteiger partial charge in [0, 0.05) is 37.7 Å². The van der Waals surface area contributed by atoms with Crippen LogP contribution in [0.25, 0.3) is 0 Å². The predicted molar refractivity (Wildman–Crippen MR) is 183 cm³/mol. The molecule has 0 aliphatic rings. The molecule has 1 atom stereocenters. The highest BCUT2D eigenvalue weighted by atomic mass is 16.7. The van der Waals surface area contributed by atoms with E-state index in [4.69, 9.17) is 19.5 Å². The van der Waals surface area contributed by atoms with Gasteiger partial charge < -0.3 is 19.5 Å². The van der Waals surface area contributed by atoms with Crippen molar-refractivity contribution < 1.29 is 23.8 Å². The molecule has 1 unspecified atom stereocenters.